The maximum Gasteiger partial charge on any atom is 0.327 e. The minimum Gasteiger partial charge on any atom is -0.480 e. The molecular weight excluding hydrogens is 246 g/mol. The van der Waals surface area contributed by atoms with Gasteiger partial charge in [-0.25, -0.2) is 4.79 Å². The van der Waals surface area contributed by atoms with Gasteiger partial charge < -0.3 is 10.0 Å². The molecule has 0 spiro atoms. The van der Waals surface area contributed by atoms with Crippen molar-refractivity contribution in [3.05, 3.63) is 21.9 Å². The first-order chi connectivity index (χ1) is 7.59. The fourth-order valence-corrected chi connectivity index (χ4v) is 3.51. The Labute approximate surface area is 101 Å². The standard InChI is InChI=1S/C10H11NO3S2/c1-6-2-3-8(16-6)9(12)11-5-15-4-7(11)10(13)14/h2-3,7H,4-5H2,1H3,(H,13,14)/t7-/m0/s1. The highest BCUT2D eigenvalue weighted by Gasteiger charge is 2.35. The molecule has 1 aromatic rings. The quantitative estimate of drug-likeness (QED) is 0.875. The molecule has 1 saturated heterocycles. The van der Waals surface area contributed by atoms with Crippen molar-refractivity contribution in [3.8, 4) is 0 Å². The van der Waals surface area contributed by atoms with Crippen molar-refractivity contribution in [3.63, 3.8) is 0 Å². The number of hydrogen-bond donors (Lipinski definition) is 1. The van der Waals surface area contributed by atoms with Gasteiger partial charge in [0.15, 0.2) is 0 Å². The van der Waals surface area contributed by atoms with E-state index in [-0.39, 0.29) is 5.91 Å². The van der Waals surface area contributed by atoms with Crippen LogP contribution < -0.4 is 0 Å². The lowest BCUT2D eigenvalue weighted by Crippen LogP contribution is -2.41. The lowest BCUT2D eigenvalue weighted by Gasteiger charge is -2.19. The third-order valence-corrected chi connectivity index (χ3v) is 4.38. The van der Waals surface area contributed by atoms with E-state index in [4.69, 9.17) is 5.11 Å². The third-order valence-electron chi connectivity index (χ3n) is 2.38. The normalized spacial score (nSPS) is 20.1. The molecule has 1 amide bonds. The molecule has 2 rings (SSSR count). The van der Waals surface area contributed by atoms with Gasteiger partial charge in [-0.15, -0.1) is 23.1 Å². The van der Waals surface area contributed by atoms with Crippen LogP contribution in [0.1, 0.15) is 14.5 Å². The van der Waals surface area contributed by atoms with Crippen LogP contribution in [0.2, 0.25) is 0 Å². The summed E-state index contributed by atoms with van der Waals surface area (Å²) in [5.41, 5.74) is 0. The summed E-state index contributed by atoms with van der Waals surface area (Å²) in [6.07, 6.45) is 0. The summed E-state index contributed by atoms with van der Waals surface area (Å²) in [5.74, 6) is -0.153. The smallest absolute Gasteiger partial charge is 0.327 e. The molecule has 16 heavy (non-hydrogen) atoms. The molecule has 4 nitrogen and oxygen atoms in total. The van der Waals surface area contributed by atoms with Crippen molar-refractivity contribution in [2.24, 2.45) is 0 Å². The summed E-state index contributed by atoms with van der Waals surface area (Å²) < 4.78 is 0. The average molecular weight is 257 g/mol. The van der Waals surface area contributed by atoms with Crippen LogP contribution in [0, 0.1) is 6.92 Å². The number of carboxylic acids is 1. The SMILES string of the molecule is Cc1ccc(C(=O)N2CSC[C@H]2C(=O)O)s1. The zero-order chi connectivity index (χ0) is 11.7. The van der Waals surface area contributed by atoms with E-state index in [1.807, 2.05) is 13.0 Å². The number of hydrogen-bond acceptors (Lipinski definition) is 4. The van der Waals surface area contributed by atoms with Crippen molar-refractivity contribution in [1.82, 2.24) is 4.90 Å². The van der Waals surface area contributed by atoms with Crippen LogP contribution >= 0.6 is 23.1 Å². The summed E-state index contributed by atoms with van der Waals surface area (Å²) >= 11 is 2.88. The van der Waals surface area contributed by atoms with Gasteiger partial charge in [0.25, 0.3) is 5.91 Å². The molecule has 0 bridgehead atoms. The van der Waals surface area contributed by atoms with Gasteiger partial charge in [0.05, 0.1) is 10.8 Å². The van der Waals surface area contributed by atoms with E-state index < -0.39 is 12.0 Å². The number of nitrogens with zero attached hydrogens (tertiary/aromatic N) is 1. The largest absolute Gasteiger partial charge is 0.480 e. The second-order valence-electron chi connectivity index (χ2n) is 3.54. The van der Waals surface area contributed by atoms with Gasteiger partial charge in [0.2, 0.25) is 0 Å². The predicted molar refractivity (Wildman–Crippen MR) is 64.0 cm³/mol. The van der Waals surface area contributed by atoms with E-state index >= 15 is 0 Å². The lowest BCUT2D eigenvalue weighted by molar-refractivity contribution is -0.140. The molecule has 0 unspecified atom stereocenters. The van der Waals surface area contributed by atoms with Gasteiger partial charge in [0, 0.05) is 10.6 Å². The average Bonchev–Trinajstić information content (AvgIpc) is 2.84. The summed E-state index contributed by atoms with van der Waals surface area (Å²) in [5, 5.41) is 8.98. The van der Waals surface area contributed by atoms with Gasteiger partial charge in [-0.2, -0.15) is 0 Å². The van der Waals surface area contributed by atoms with Crippen molar-refractivity contribution in [2.75, 3.05) is 11.6 Å². The number of aryl methyl sites for hydroxylation is 1. The van der Waals surface area contributed by atoms with E-state index in [9.17, 15) is 9.59 Å². The maximum atomic E-state index is 12.0. The van der Waals surface area contributed by atoms with Crippen LogP contribution in [-0.4, -0.2) is 39.6 Å². The molecule has 1 N–H and O–H groups in total. The van der Waals surface area contributed by atoms with E-state index in [1.165, 1.54) is 28.0 Å². The van der Waals surface area contributed by atoms with Gasteiger partial charge in [-0.1, -0.05) is 0 Å². The topological polar surface area (TPSA) is 57.6 Å². The molecule has 1 aromatic heterocycles. The third kappa shape index (κ3) is 2.08. The van der Waals surface area contributed by atoms with Gasteiger partial charge >= 0.3 is 5.97 Å². The monoisotopic (exact) mass is 257 g/mol. The number of thioether (sulfide) groups is 1. The van der Waals surface area contributed by atoms with Crippen LogP contribution in [0.15, 0.2) is 12.1 Å². The Morgan fingerprint density at radius 1 is 1.50 bits per heavy atom. The second-order valence-corrected chi connectivity index (χ2v) is 5.83. The first-order valence-electron chi connectivity index (χ1n) is 4.77. The van der Waals surface area contributed by atoms with E-state index in [0.717, 1.165) is 4.88 Å². The minimum atomic E-state index is -0.924. The molecule has 0 aromatic carbocycles. The van der Waals surface area contributed by atoms with Crippen molar-refractivity contribution >= 4 is 35.0 Å². The van der Waals surface area contributed by atoms with Gasteiger partial charge in [0.1, 0.15) is 6.04 Å². The molecule has 6 heteroatoms. The van der Waals surface area contributed by atoms with Crippen molar-refractivity contribution in [2.45, 2.75) is 13.0 Å². The highest BCUT2D eigenvalue weighted by Crippen LogP contribution is 2.25. The molecule has 1 aliphatic heterocycles. The Morgan fingerprint density at radius 3 is 2.81 bits per heavy atom. The molecule has 0 radical (unpaired) electrons. The Kier molecular flexibility index (Phi) is 3.20. The predicted octanol–water partition coefficient (Wildman–Crippen LogP) is 1.66. The number of aliphatic carboxylic acids is 1. The van der Waals surface area contributed by atoms with Crippen LogP contribution in [0.4, 0.5) is 0 Å². The zero-order valence-electron chi connectivity index (χ0n) is 8.67. The van der Waals surface area contributed by atoms with Crippen LogP contribution in [0.25, 0.3) is 0 Å². The highest BCUT2D eigenvalue weighted by atomic mass is 32.2. The van der Waals surface area contributed by atoms with Crippen LogP contribution in [-0.2, 0) is 4.79 Å². The zero-order valence-corrected chi connectivity index (χ0v) is 10.3. The van der Waals surface area contributed by atoms with Gasteiger partial charge in [-0.05, 0) is 19.1 Å². The van der Waals surface area contributed by atoms with Crippen molar-refractivity contribution < 1.29 is 14.7 Å². The van der Waals surface area contributed by atoms with Crippen LogP contribution in [0.5, 0.6) is 0 Å². The molecular formula is C10H11NO3S2. The van der Waals surface area contributed by atoms with Crippen LogP contribution in [0.3, 0.4) is 0 Å². The van der Waals surface area contributed by atoms with E-state index in [2.05, 4.69) is 0 Å². The first kappa shape index (κ1) is 11.5. The molecule has 1 atom stereocenters. The fourth-order valence-electron chi connectivity index (χ4n) is 1.54. The summed E-state index contributed by atoms with van der Waals surface area (Å²) in [6, 6.07) is 2.95. The number of amides is 1. The first-order valence-corrected chi connectivity index (χ1v) is 6.74. The minimum absolute atomic E-state index is 0.171. The number of carboxylic acid groups (broad SMARTS) is 1. The molecule has 2 heterocycles. The molecule has 86 valence electrons. The number of rotatable bonds is 2. The molecule has 0 saturated carbocycles. The molecule has 0 aliphatic carbocycles. The number of thiophene rings is 1. The summed E-state index contributed by atoms with van der Waals surface area (Å²) in [7, 11) is 0. The Morgan fingerprint density at radius 2 is 2.25 bits per heavy atom. The number of carbonyl (C=O) groups excluding carboxylic acids is 1. The molecule has 1 fully saturated rings. The Hall–Kier alpha value is -1.01. The number of carbonyl (C=O) groups is 2. The summed E-state index contributed by atoms with van der Waals surface area (Å²) in [6.45, 7) is 1.93. The van der Waals surface area contributed by atoms with Crippen molar-refractivity contribution in [1.29, 1.82) is 0 Å². The Balaban J connectivity index is 2.18. The Bertz CT molecular complexity index is 429. The summed E-state index contributed by atoms with van der Waals surface area (Å²) in [4.78, 5) is 26.1. The fraction of sp³-hybridized carbons (Fsp3) is 0.400. The van der Waals surface area contributed by atoms with E-state index in [1.54, 1.807) is 6.07 Å². The van der Waals surface area contributed by atoms with Gasteiger partial charge in [-0.3, -0.25) is 4.79 Å². The van der Waals surface area contributed by atoms with E-state index in [0.29, 0.717) is 16.5 Å². The lowest BCUT2D eigenvalue weighted by atomic mass is 10.3. The molecule has 1 aliphatic rings. The highest BCUT2D eigenvalue weighted by molar-refractivity contribution is 7.99. The maximum absolute atomic E-state index is 12.0. The second kappa shape index (κ2) is 4.47.